The average molecular weight is 271 g/mol. The molecular weight excluding hydrogens is 252 g/mol. The Kier molecular flexibility index (Phi) is 4.22. The van der Waals surface area contributed by atoms with Crippen molar-refractivity contribution in [2.45, 2.75) is 39.2 Å². The monoisotopic (exact) mass is 270 g/mol. The van der Waals surface area contributed by atoms with E-state index in [1.807, 2.05) is 0 Å². The van der Waals surface area contributed by atoms with Crippen LogP contribution in [-0.4, -0.2) is 34.6 Å². The molecule has 5 nitrogen and oxygen atoms in total. The minimum absolute atomic E-state index is 0.187. The summed E-state index contributed by atoms with van der Waals surface area (Å²) in [6.07, 6.45) is 3.51. The Morgan fingerprint density at radius 3 is 2.61 bits per heavy atom. The topological polar surface area (TPSA) is 51.1 Å². The van der Waals surface area contributed by atoms with Gasteiger partial charge in [0.25, 0.3) is 0 Å². The molecule has 0 amide bonds. The van der Waals surface area contributed by atoms with Crippen molar-refractivity contribution in [3.05, 3.63) is 5.28 Å². The van der Waals surface area contributed by atoms with E-state index < -0.39 is 0 Å². The minimum Gasteiger partial charge on any atom is -0.467 e. The number of rotatable bonds is 6. The summed E-state index contributed by atoms with van der Waals surface area (Å²) >= 11 is 5.89. The molecular formula is C12H19ClN4O. The molecule has 0 radical (unpaired) electrons. The molecule has 0 bridgehead atoms. The molecule has 18 heavy (non-hydrogen) atoms. The van der Waals surface area contributed by atoms with Gasteiger partial charge in [0, 0.05) is 12.6 Å². The molecule has 1 aromatic rings. The van der Waals surface area contributed by atoms with Gasteiger partial charge >= 0.3 is 6.01 Å². The Morgan fingerprint density at radius 1 is 1.33 bits per heavy atom. The second-order valence-electron chi connectivity index (χ2n) is 5.00. The number of ether oxygens (including phenoxy) is 1. The second kappa shape index (κ2) is 5.69. The minimum atomic E-state index is 0.187. The molecule has 0 aromatic carbocycles. The zero-order valence-electron chi connectivity index (χ0n) is 11.1. The van der Waals surface area contributed by atoms with E-state index in [-0.39, 0.29) is 11.3 Å². The number of hydrogen-bond donors (Lipinski definition) is 0. The first kappa shape index (κ1) is 13.3. The van der Waals surface area contributed by atoms with Crippen molar-refractivity contribution >= 4 is 17.5 Å². The first-order chi connectivity index (χ1) is 8.60. The zero-order valence-corrected chi connectivity index (χ0v) is 11.8. The highest BCUT2D eigenvalue weighted by Gasteiger charge is 2.31. The number of aromatic nitrogens is 3. The smallest absolute Gasteiger partial charge is 0.322 e. The molecule has 0 saturated heterocycles. The van der Waals surface area contributed by atoms with Gasteiger partial charge in [-0.1, -0.05) is 13.8 Å². The summed E-state index contributed by atoms with van der Waals surface area (Å²) in [5, 5.41) is 0.187. The van der Waals surface area contributed by atoms with Gasteiger partial charge in [-0.2, -0.15) is 15.0 Å². The molecule has 1 saturated carbocycles. The fourth-order valence-electron chi connectivity index (χ4n) is 1.77. The van der Waals surface area contributed by atoms with Crippen LogP contribution in [0.2, 0.25) is 5.28 Å². The van der Waals surface area contributed by atoms with E-state index in [1.165, 1.54) is 20.0 Å². The molecule has 1 aliphatic rings. The van der Waals surface area contributed by atoms with Crippen LogP contribution in [0.4, 0.5) is 5.95 Å². The van der Waals surface area contributed by atoms with Crippen LogP contribution in [-0.2, 0) is 0 Å². The lowest BCUT2D eigenvalue weighted by Crippen LogP contribution is -2.29. The van der Waals surface area contributed by atoms with Crippen LogP contribution < -0.4 is 9.64 Å². The molecule has 100 valence electrons. The van der Waals surface area contributed by atoms with Gasteiger partial charge in [0.2, 0.25) is 11.2 Å². The first-order valence-electron chi connectivity index (χ1n) is 6.32. The zero-order chi connectivity index (χ0) is 13.1. The van der Waals surface area contributed by atoms with Crippen LogP contribution in [0.15, 0.2) is 0 Å². The summed E-state index contributed by atoms with van der Waals surface area (Å²) in [6.45, 7) is 5.38. The molecule has 6 heteroatoms. The number of nitrogens with zero attached hydrogens (tertiary/aromatic N) is 4. The van der Waals surface area contributed by atoms with E-state index >= 15 is 0 Å². The van der Waals surface area contributed by atoms with Crippen molar-refractivity contribution < 1.29 is 4.74 Å². The maximum atomic E-state index is 5.89. The van der Waals surface area contributed by atoms with Gasteiger partial charge in [0.05, 0.1) is 7.11 Å². The molecule has 0 unspecified atom stereocenters. The Labute approximate surface area is 113 Å². The molecule has 0 atom stereocenters. The Morgan fingerprint density at radius 2 is 2.06 bits per heavy atom. The summed E-state index contributed by atoms with van der Waals surface area (Å²) in [5.41, 5.74) is 0. The van der Waals surface area contributed by atoms with Gasteiger partial charge in [-0.3, -0.25) is 0 Å². The van der Waals surface area contributed by atoms with Crippen molar-refractivity contribution in [3.8, 4) is 6.01 Å². The molecule has 1 aromatic heterocycles. The van der Waals surface area contributed by atoms with Gasteiger partial charge in [0.1, 0.15) is 0 Å². The first-order valence-corrected chi connectivity index (χ1v) is 6.70. The highest BCUT2D eigenvalue weighted by atomic mass is 35.5. The molecule has 0 spiro atoms. The number of anilines is 1. The van der Waals surface area contributed by atoms with Crippen molar-refractivity contribution in [1.82, 2.24) is 15.0 Å². The van der Waals surface area contributed by atoms with Gasteiger partial charge in [-0.15, -0.1) is 0 Å². The van der Waals surface area contributed by atoms with E-state index in [4.69, 9.17) is 16.3 Å². The predicted molar refractivity (Wildman–Crippen MR) is 71.2 cm³/mol. The van der Waals surface area contributed by atoms with Crippen molar-refractivity contribution in [2.75, 3.05) is 18.6 Å². The van der Waals surface area contributed by atoms with E-state index in [2.05, 4.69) is 33.7 Å². The maximum Gasteiger partial charge on any atom is 0.322 e. The molecule has 1 heterocycles. The third kappa shape index (κ3) is 3.45. The normalized spacial score (nSPS) is 14.9. The van der Waals surface area contributed by atoms with Crippen LogP contribution in [0.3, 0.4) is 0 Å². The molecule has 2 rings (SSSR count). The fraction of sp³-hybridized carbons (Fsp3) is 0.750. The van der Waals surface area contributed by atoms with Gasteiger partial charge < -0.3 is 9.64 Å². The van der Waals surface area contributed by atoms with Gasteiger partial charge in [-0.05, 0) is 36.8 Å². The van der Waals surface area contributed by atoms with Crippen LogP contribution in [0.1, 0.15) is 33.1 Å². The van der Waals surface area contributed by atoms with E-state index in [0.717, 1.165) is 13.0 Å². The van der Waals surface area contributed by atoms with Crippen LogP contribution in [0.25, 0.3) is 0 Å². The second-order valence-corrected chi connectivity index (χ2v) is 5.34. The Bertz CT molecular complexity index is 409. The van der Waals surface area contributed by atoms with E-state index in [0.29, 0.717) is 17.9 Å². The van der Waals surface area contributed by atoms with Crippen molar-refractivity contribution in [1.29, 1.82) is 0 Å². The Balaban J connectivity index is 2.16. The van der Waals surface area contributed by atoms with Crippen LogP contribution >= 0.6 is 11.6 Å². The molecule has 1 aliphatic carbocycles. The third-order valence-corrected chi connectivity index (χ3v) is 3.12. The van der Waals surface area contributed by atoms with E-state index in [1.54, 1.807) is 0 Å². The summed E-state index contributed by atoms with van der Waals surface area (Å²) in [6, 6.07) is 0.826. The lowest BCUT2D eigenvalue weighted by atomic mass is 10.1. The lowest BCUT2D eigenvalue weighted by molar-refractivity contribution is 0.377. The third-order valence-electron chi connectivity index (χ3n) is 2.95. The fourth-order valence-corrected chi connectivity index (χ4v) is 1.92. The van der Waals surface area contributed by atoms with Crippen molar-refractivity contribution in [3.63, 3.8) is 0 Å². The average Bonchev–Trinajstić information content (AvgIpc) is 3.12. The summed E-state index contributed by atoms with van der Waals surface area (Å²) in [7, 11) is 1.53. The lowest BCUT2D eigenvalue weighted by Gasteiger charge is -2.23. The quantitative estimate of drug-likeness (QED) is 0.795. The summed E-state index contributed by atoms with van der Waals surface area (Å²) in [5.74, 6) is 1.29. The van der Waals surface area contributed by atoms with Gasteiger partial charge in [0.15, 0.2) is 0 Å². The summed E-state index contributed by atoms with van der Waals surface area (Å²) in [4.78, 5) is 14.6. The summed E-state index contributed by atoms with van der Waals surface area (Å²) < 4.78 is 5.04. The standard InChI is InChI=1S/C12H19ClN4O/c1-8(2)6-7-17(9-4-5-9)11-14-10(13)15-12(16-11)18-3/h8-9H,4-7H2,1-3H3. The largest absolute Gasteiger partial charge is 0.467 e. The molecule has 0 N–H and O–H groups in total. The SMILES string of the molecule is COc1nc(Cl)nc(N(CCC(C)C)C2CC2)n1. The maximum absolute atomic E-state index is 5.89. The predicted octanol–water partition coefficient (Wildman–Crippen LogP) is 2.55. The highest BCUT2D eigenvalue weighted by molar-refractivity contribution is 6.28. The molecule has 0 aliphatic heterocycles. The number of halogens is 1. The number of methoxy groups -OCH3 is 1. The van der Waals surface area contributed by atoms with Gasteiger partial charge in [-0.25, -0.2) is 0 Å². The van der Waals surface area contributed by atoms with Crippen molar-refractivity contribution in [2.24, 2.45) is 5.92 Å². The molecule has 1 fully saturated rings. The van der Waals surface area contributed by atoms with Crippen LogP contribution in [0, 0.1) is 5.92 Å². The highest BCUT2D eigenvalue weighted by Crippen LogP contribution is 2.31. The number of hydrogen-bond acceptors (Lipinski definition) is 5. The Hall–Kier alpha value is -1.10. The van der Waals surface area contributed by atoms with Crippen LogP contribution in [0.5, 0.6) is 6.01 Å². The van der Waals surface area contributed by atoms with E-state index in [9.17, 15) is 0 Å².